The third-order valence-corrected chi connectivity index (χ3v) is 3.08. The van der Waals surface area contributed by atoms with Crippen LogP contribution in [-0.4, -0.2) is 80.6 Å². The zero-order chi connectivity index (χ0) is 15.5. The van der Waals surface area contributed by atoms with E-state index >= 15 is 0 Å². The van der Waals surface area contributed by atoms with Gasteiger partial charge in [0.25, 0.3) is 0 Å². The highest BCUT2D eigenvalue weighted by molar-refractivity contribution is 5.73. The van der Waals surface area contributed by atoms with Crippen LogP contribution in [0.5, 0.6) is 0 Å². The first-order valence-electron chi connectivity index (χ1n) is 6.02. The van der Waals surface area contributed by atoms with Crippen LogP contribution in [0.1, 0.15) is 13.3 Å². The fourth-order valence-corrected chi connectivity index (χ4v) is 2.10. The van der Waals surface area contributed by atoms with Gasteiger partial charge < -0.3 is 35.6 Å². The molecule has 1 amide bonds. The number of aliphatic hydroxyl groups is 5. The molecule has 0 bridgehead atoms. The third kappa shape index (κ3) is 3.72. The van der Waals surface area contributed by atoms with E-state index in [2.05, 4.69) is 5.32 Å². The second-order valence-corrected chi connectivity index (χ2v) is 4.78. The largest absolute Gasteiger partial charge is 0.394 e. The normalized spacial score (nSPS) is 37.0. The lowest BCUT2D eigenvalue weighted by Gasteiger charge is -2.44. The Morgan fingerprint density at radius 2 is 2.15 bits per heavy atom. The smallest absolute Gasteiger partial charge is 0.226 e. The number of amides is 1. The van der Waals surface area contributed by atoms with Crippen LogP contribution in [-0.2, 0) is 14.3 Å². The minimum atomic E-state index is -2.34. The molecule has 0 aromatic rings. The average Bonchev–Trinajstić information content (AvgIpc) is 2.39. The van der Waals surface area contributed by atoms with Crippen molar-refractivity contribution >= 4 is 12.2 Å². The molecule has 9 nitrogen and oxygen atoms in total. The number of carbonyl (C=O) groups is 2. The van der Waals surface area contributed by atoms with E-state index in [1.807, 2.05) is 0 Å². The number of hydrogen-bond donors (Lipinski definition) is 6. The summed E-state index contributed by atoms with van der Waals surface area (Å²) in [6, 6.07) is -1.15. The van der Waals surface area contributed by atoms with Crippen molar-refractivity contribution in [2.45, 2.75) is 49.6 Å². The van der Waals surface area contributed by atoms with E-state index in [0.29, 0.717) is 0 Å². The van der Waals surface area contributed by atoms with Gasteiger partial charge in [-0.05, 0) is 0 Å². The molecule has 9 heteroatoms. The Morgan fingerprint density at radius 1 is 1.55 bits per heavy atom. The highest BCUT2D eigenvalue weighted by Gasteiger charge is 2.50. The van der Waals surface area contributed by atoms with Gasteiger partial charge in [0.05, 0.1) is 18.8 Å². The van der Waals surface area contributed by atoms with Gasteiger partial charge >= 0.3 is 0 Å². The van der Waals surface area contributed by atoms with Crippen molar-refractivity contribution in [3.8, 4) is 0 Å². The number of nitrogens with one attached hydrogen (secondary N) is 1. The van der Waals surface area contributed by atoms with Crippen LogP contribution in [0, 0.1) is 0 Å². The summed E-state index contributed by atoms with van der Waals surface area (Å²) in [5.41, 5.74) is 0. The van der Waals surface area contributed by atoms with E-state index in [9.17, 15) is 30.0 Å². The fraction of sp³-hybridized carbons (Fsp3) is 0.818. The number of hydrogen-bond acceptors (Lipinski definition) is 8. The Kier molecular flexibility index (Phi) is 5.57. The third-order valence-electron chi connectivity index (χ3n) is 3.08. The molecule has 1 saturated heterocycles. The highest BCUT2D eigenvalue weighted by Crippen LogP contribution is 2.28. The molecule has 0 saturated carbocycles. The molecule has 0 aromatic carbocycles. The van der Waals surface area contributed by atoms with Crippen LogP contribution in [0.25, 0.3) is 0 Å². The van der Waals surface area contributed by atoms with Crippen LogP contribution >= 0.6 is 0 Å². The molecule has 1 rings (SSSR count). The molecule has 0 aromatic heterocycles. The van der Waals surface area contributed by atoms with Gasteiger partial charge in [0.15, 0.2) is 6.29 Å². The Labute approximate surface area is 114 Å². The topological polar surface area (TPSA) is 157 Å². The molecule has 0 radical (unpaired) electrons. The lowest BCUT2D eigenvalue weighted by Crippen LogP contribution is -2.66. The van der Waals surface area contributed by atoms with Crippen molar-refractivity contribution in [1.29, 1.82) is 0 Å². The number of carbonyl (C=O) groups excluding carboxylic acids is 2. The Balaban J connectivity index is 3.01. The summed E-state index contributed by atoms with van der Waals surface area (Å²) in [6.07, 6.45) is -6.66. The minimum Gasteiger partial charge on any atom is -0.394 e. The van der Waals surface area contributed by atoms with Crippen LogP contribution in [0.3, 0.4) is 0 Å². The average molecular weight is 293 g/mol. The molecule has 1 heterocycles. The molecule has 6 N–H and O–H groups in total. The second kappa shape index (κ2) is 6.57. The summed E-state index contributed by atoms with van der Waals surface area (Å²) >= 11 is 0. The van der Waals surface area contributed by atoms with E-state index < -0.39 is 55.2 Å². The van der Waals surface area contributed by atoms with Gasteiger partial charge in [-0.1, -0.05) is 0 Å². The molecule has 0 spiro atoms. The first kappa shape index (κ1) is 17.0. The van der Waals surface area contributed by atoms with Gasteiger partial charge in [-0.2, -0.15) is 0 Å². The molecule has 1 unspecified atom stereocenters. The molecule has 0 aliphatic carbocycles. The van der Waals surface area contributed by atoms with E-state index in [1.165, 1.54) is 6.92 Å². The van der Waals surface area contributed by atoms with Crippen molar-refractivity contribution in [2.24, 2.45) is 0 Å². The van der Waals surface area contributed by atoms with Crippen LogP contribution in [0.4, 0.5) is 0 Å². The molecule has 1 aliphatic heterocycles. The Hall–Kier alpha value is -1.10. The summed E-state index contributed by atoms with van der Waals surface area (Å²) in [5.74, 6) is -2.88. The first-order chi connectivity index (χ1) is 9.24. The molecular formula is C11H19NO8. The lowest BCUT2D eigenvalue weighted by atomic mass is 9.89. The Morgan fingerprint density at radius 3 is 2.60 bits per heavy atom. The molecule has 20 heavy (non-hydrogen) atoms. The van der Waals surface area contributed by atoms with Gasteiger partial charge in [-0.3, -0.25) is 9.59 Å². The molecule has 1 fully saturated rings. The van der Waals surface area contributed by atoms with Crippen LogP contribution in [0.2, 0.25) is 0 Å². The van der Waals surface area contributed by atoms with Crippen molar-refractivity contribution in [3.05, 3.63) is 0 Å². The minimum absolute atomic E-state index is 0.0469. The predicted molar refractivity (Wildman–Crippen MR) is 63.2 cm³/mol. The predicted octanol–water partition coefficient (Wildman–Crippen LogP) is -3.76. The monoisotopic (exact) mass is 293 g/mol. The van der Waals surface area contributed by atoms with E-state index in [1.54, 1.807) is 0 Å². The number of ether oxygens (including phenoxy) is 1. The summed E-state index contributed by atoms with van der Waals surface area (Å²) in [5, 5.41) is 50.0. The van der Waals surface area contributed by atoms with Crippen molar-refractivity contribution < 1.29 is 39.9 Å². The standard InChI is InChI=1S/C11H19NO8/c1-5(15)12-8-6(16)2-11(19,4-14)20-10(8)9(18)7(17)3-13/h4,6-10,13,16-19H,2-3H2,1H3,(H,12,15)/t6-,7+,8+,9+,10+,11?/m0/s1. The van der Waals surface area contributed by atoms with E-state index in [0.717, 1.165) is 0 Å². The highest BCUT2D eigenvalue weighted by atomic mass is 16.6. The summed E-state index contributed by atoms with van der Waals surface area (Å²) in [6.45, 7) is 0.364. The quantitative estimate of drug-likeness (QED) is 0.282. The first-order valence-corrected chi connectivity index (χ1v) is 6.02. The molecule has 6 atom stereocenters. The fourth-order valence-electron chi connectivity index (χ4n) is 2.10. The zero-order valence-electron chi connectivity index (χ0n) is 10.8. The maximum Gasteiger partial charge on any atom is 0.226 e. The Bertz CT molecular complexity index is 364. The van der Waals surface area contributed by atoms with Crippen molar-refractivity contribution in [3.63, 3.8) is 0 Å². The van der Waals surface area contributed by atoms with Crippen molar-refractivity contribution in [2.75, 3.05) is 6.61 Å². The SMILES string of the molecule is CC(=O)N[C@H]1[C@H]([C@H](O)[C@H](O)CO)OC(O)(C=O)C[C@@H]1O. The van der Waals surface area contributed by atoms with Gasteiger partial charge in [0.1, 0.15) is 18.3 Å². The summed E-state index contributed by atoms with van der Waals surface area (Å²) < 4.78 is 4.98. The number of aldehydes is 1. The van der Waals surface area contributed by atoms with E-state index in [4.69, 9.17) is 9.84 Å². The zero-order valence-corrected chi connectivity index (χ0v) is 10.8. The van der Waals surface area contributed by atoms with Crippen LogP contribution in [0.15, 0.2) is 0 Å². The number of aliphatic hydroxyl groups excluding tert-OH is 4. The summed E-state index contributed by atoms with van der Waals surface area (Å²) in [4.78, 5) is 21.9. The van der Waals surface area contributed by atoms with Gasteiger partial charge in [0.2, 0.25) is 11.7 Å². The number of rotatable bonds is 5. The maximum atomic E-state index is 11.1. The van der Waals surface area contributed by atoms with Crippen LogP contribution < -0.4 is 5.32 Å². The molecular weight excluding hydrogens is 274 g/mol. The molecule has 1 aliphatic rings. The maximum absolute atomic E-state index is 11.1. The second-order valence-electron chi connectivity index (χ2n) is 4.78. The lowest BCUT2D eigenvalue weighted by molar-refractivity contribution is -0.280. The van der Waals surface area contributed by atoms with Gasteiger partial charge in [-0.15, -0.1) is 0 Å². The summed E-state index contributed by atoms with van der Waals surface area (Å²) in [7, 11) is 0. The van der Waals surface area contributed by atoms with Gasteiger partial charge in [0, 0.05) is 13.3 Å². The van der Waals surface area contributed by atoms with E-state index in [-0.39, 0.29) is 6.29 Å². The van der Waals surface area contributed by atoms with Crippen molar-refractivity contribution in [1.82, 2.24) is 5.32 Å². The van der Waals surface area contributed by atoms with Gasteiger partial charge in [-0.25, -0.2) is 0 Å². The molecule has 116 valence electrons.